The van der Waals surface area contributed by atoms with Crippen LogP contribution in [0.5, 0.6) is 0 Å². The maximum absolute atomic E-state index is 10.7. The molecule has 0 spiro atoms. The summed E-state index contributed by atoms with van der Waals surface area (Å²) >= 11 is 0. The van der Waals surface area contributed by atoms with Gasteiger partial charge in [-0.25, -0.2) is 4.79 Å². The number of nitrogens with two attached hydrogens (primary N) is 1. The smallest absolute Gasteiger partial charge is 0.367 e. The number of hydrogen-bond acceptors (Lipinski definition) is 4. The third-order valence-corrected chi connectivity index (χ3v) is 1.82. The van der Waals surface area contributed by atoms with Crippen LogP contribution in [0.1, 0.15) is 5.56 Å². The predicted molar refractivity (Wildman–Crippen MR) is 50.7 cm³/mol. The Morgan fingerprint density at radius 3 is 2.64 bits per heavy atom. The van der Waals surface area contributed by atoms with E-state index in [1.54, 1.807) is 0 Å². The summed E-state index contributed by atoms with van der Waals surface area (Å²) in [7, 11) is 0. The van der Waals surface area contributed by atoms with Crippen LogP contribution in [0.3, 0.4) is 0 Å². The van der Waals surface area contributed by atoms with Crippen molar-refractivity contribution < 1.29 is 4.52 Å². The molecule has 1 aromatic carbocycles. The van der Waals surface area contributed by atoms with Crippen molar-refractivity contribution in [1.29, 1.82) is 0 Å². The van der Waals surface area contributed by atoms with Crippen molar-refractivity contribution in [2.75, 3.05) is 5.73 Å². The molecule has 0 aliphatic rings. The van der Waals surface area contributed by atoms with Gasteiger partial charge in [-0.3, -0.25) is 0 Å². The summed E-state index contributed by atoms with van der Waals surface area (Å²) in [6.07, 6.45) is 0. The Bertz CT molecular complexity index is 472. The molecule has 0 radical (unpaired) electrons. The SMILES string of the molecule is Nc1nc(=O)on1Cc1ccccc1. The quantitative estimate of drug-likeness (QED) is 0.748. The van der Waals surface area contributed by atoms with Crippen molar-refractivity contribution >= 4 is 5.95 Å². The Morgan fingerprint density at radius 1 is 1.36 bits per heavy atom. The van der Waals surface area contributed by atoms with Gasteiger partial charge in [0.1, 0.15) is 0 Å². The largest absolute Gasteiger partial charge is 0.461 e. The Balaban J connectivity index is 2.27. The van der Waals surface area contributed by atoms with Gasteiger partial charge < -0.3 is 10.3 Å². The summed E-state index contributed by atoms with van der Waals surface area (Å²) < 4.78 is 6.00. The highest BCUT2D eigenvalue weighted by Gasteiger charge is 2.04. The summed E-state index contributed by atoms with van der Waals surface area (Å²) in [6.45, 7) is 0.419. The predicted octanol–water partition coefficient (Wildman–Crippen LogP) is 0.467. The van der Waals surface area contributed by atoms with Crippen LogP contribution in [-0.4, -0.2) is 9.72 Å². The molecule has 0 saturated heterocycles. The third-order valence-electron chi connectivity index (χ3n) is 1.82. The molecule has 5 heteroatoms. The lowest BCUT2D eigenvalue weighted by molar-refractivity contribution is 0.269. The standard InChI is InChI=1S/C9H9N3O2/c10-8-11-9(13)14-12(8)6-7-4-2-1-3-5-7/h1-5H,6H2,(H2,10,11,13). The minimum absolute atomic E-state index is 0.0962. The van der Waals surface area contributed by atoms with Crippen molar-refractivity contribution in [2.45, 2.75) is 6.54 Å². The van der Waals surface area contributed by atoms with Gasteiger partial charge in [0.2, 0.25) is 5.95 Å². The summed E-state index contributed by atoms with van der Waals surface area (Å²) in [5.74, 6) is -0.572. The highest BCUT2D eigenvalue weighted by Crippen LogP contribution is 2.03. The number of benzene rings is 1. The molecule has 0 aliphatic heterocycles. The molecule has 0 saturated carbocycles. The zero-order valence-corrected chi connectivity index (χ0v) is 7.38. The highest BCUT2D eigenvalue weighted by atomic mass is 16.5. The maximum Gasteiger partial charge on any atom is 0.461 e. The normalized spacial score (nSPS) is 10.3. The van der Waals surface area contributed by atoms with E-state index in [1.807, 2.05) is 30.3 Å². The van der Waals surface area contributed by atoms with E-state index in [9.17, 15) is 4.79 Å². The number of hydrogen-bond donors (Lipinski definition) is 1. The van der Waals surface area contributed by atoms with Crippen LogP contribution in [0.25, 0.3) is 0 Å². The molecule has 1 heterocycles. The molecule has 14 heavy (non-hydrogen) atoms. The van der Waals surface area contributed by atoms with Crippen molar-refractivity contribution in [2.24, 2.45) is 0 Å². The molecular weight excluding hydrogens is 182 g/mol. The zero-order chi connectivity index (χ0) is 9.97. The first-order valence-corrected chi connectivity index (χ1v) is 4.13. The Kier molecular flexibility index (Phi) is 2.06. The summed E-state index contributed by atoms with van der Waals surface area (Å²) in [5.41, 5.74) is 6.45. The fraction of sp³-hybridized carbons (Fsp3) is 0.111. The van der Waals surface area contributed by atoms with Gasteiger partial charge in [-0.05, 0) is 5.56 Å². The fourth-order valence-corrected chi connectivity index (χ4v) is 1.17. The molecule has 0 atom stereocenters. The monoisotopic (exact) mass is 191 g/mol. The van der Waals surface area contributed by atoms with E-state index in [-0.39, 0.29) is 5.95 Å². The lowest BCUT2D eigenvalue weighted by atomic mass is 10.2. The van der Waals surface area contributed by atoms with Gasteiger partial charge >= 0.3 is 5.76 Å². The minimum atomic E-state index is -0.668. The van der Waals surface area contributed by atoms with Gasteiger partial charge in [0, 0.05) is 0 Å². The average Bonchev–Trinajstić information content (AvgIpc) is 2.47. The zero-order valence-electron chi connectivity index (χ0n) is 7.38. The number of nitrogen functional groups attached to an aromatic ring is 1. The molecule has 0 unspecified atom stereocenters. The van der Waals surface area contributed by atoms with E-state index < -0.39 is 5.76 Å². The van der Waals surface area contributed by atoms with E-state index in [4.69, 9.17) is 10.3 Å². The van der Waals surface area contributed by atoms with Gasteiger partial charge in [-0.1, -0.05) is 30.3 Å². The second-order valence-electron chi connectivity index (χ2n) is 2.85. The van der Waals surface area contributed by atoms with Gasteiger partial charge in [0.25, 0.3) is 0 Å². The summed E-state index contributed by atoms with van der Waals surface area (Å²) in [4.78, 5) is 14.1. The third kappa shape index (κ3) is 1.66. The van der Waals surface area contributed by atoms with Gasteiger partial charge in [-0.15, -0.1) is 4.98 Å². The van der Waals surface area contributed by atoms with Crippen molar-refractivity contribution in [3.8, 4) is 0 Å². The lowest BCUT2D eigenvalue weighted by Crippen LogP contribution is -2.03. The molecular formula is C9H9N3O2. The molecule has 1 aromatic heterocycles. The lowest BCUT2D eigenvalue weighted by Gasteiger charge is -2.00. The van der Waals surface area contributed by atoms with E-state index in [0.29, 0.717) is 6.54 Å². The van der Waals surface area contributed by atoms with Crippen LogP contribution in [0, 0.1) is 0 Å². The molecule has 0 amide bonds. The van der Waals surface area contributed by atoms with Crippen LogP contribution in [0.4, 0.5) is 5.95 Å². The number of anilines is 1. The van der Waals surface area contributed by atoms with E-state index >= 15 is 0 Å². The van der Waals surface area contributed by atoms with Crippen LogP contribution in [0.2, 0.25) is 0 Å². The van der Waals surface area contributed by atoms with Gasteiger partial charge in [0.05, 0.1) is 6.54 Å². The average molecular weight is 191 g/mol. The van der Waals surface area contributed by atoms with Crippen molar-refractivity contribution in [1.82, 2.24) is 9.72 Å². The molecule has 2 N–H and O–H groups in total. The molecule has 2 rings (SSSR count). The second-order valence-corrected chi connectivity index (χ2v) is 2.85. The topological polar surface area (TPSA) is 74.1 Å². The Morgan fingerprint density at radius 2 is 2.07 bits per heavy atom. The van der Waals surface area contributed by atoms with Gasteiger partial charge in [0.15, 0.2) is 0 Å². The van der Waals surface area contributed by atoms with Gasteiger partial charge in [-0.2, -0.15) is 4.74 Å². The van der Waals surface area contributed by atoms with Crippen LogP contribution in [-0.2, 0) is 6.54 Å². The summed E-state index contributed by atoms with van der Waals surface area (Å²) in [5, 5.41) is 0. The summed E-state index contributed by atoms with van der Waals surface area (Å²) in [6, 6.07) is 9.55. The first kappa shape index (κ1) is 8.55. The van der Waals surface area contributed by atoms with Crippen molar-refractivity contribution in [3.63, 3.8) is 0 Å². The van der Waals surface area contributed by atoms with Crippen LogP contribution in [0.15, 0.2) is 39.6 Å². The first-order valence-electron chi connectivity index (χ1n) is 4.13. The Hall–Kier alpha value is -2.04. The second kappa shape index (κ2) is 3.37. The van der Waals surface area contributed by atoms with Crippen molar-refractivity contribution in [3.05, 3.63) is 46.4 Å². The number of rotatable bonds is 2. The van der Waals surface area contributed by atoms with E-state index in [0.717, 1.165) is 5.56 Å². The highest BCUT2D eigenvalue weighted by molar-refractivity contribution is 5.18. The number of nitrogens with zero attached hydrogens (tertiary/aromatic N) is 2. The number of aromatic nitrogens is 2. The molecule has 5 nitrogen and oxygen atoms in total. The van der Waals surface area contributed by atoms with E-state index in [2.05, 4.69) is 4.98 Å². The molecule has 0 bridgehead atoms. The van der Waals surface area contributed by atoms with Crippen LogP contribution >= 0.6 is 0 Å². The van der Waals surface area contributed by atoms with Crippen LogP contribution < -0.4 is 11.5 Å². The minimum Gasteiger partial charge on any atom is -0.367 e. The Labute approximate surface area is 79.7 Å². The first-order chi connectivity index (χ1) is 6.75. The molecule has 0 aliphatic carbocycles. The maximum atomic E-state index is 10.7. The molecule has 2 aromatic rings. The van der Waals surface area contributed by atoms with E-state index in [1.165, 1.54) is 4.74 Å². The molecule has 0 fully saturated rings. The fourth-order valence-electron chi connectivity index (χ4n) is 1.17. The molecule has 72 valence electrons.